The minimum absolute atomic E-state index is 1.06. The summed E-state index contributed by atoms with van der Waals surface area (Å²) < 4.78 is 1.40. The average Bonchev–Trinajstić information content (AvgIpc) is 2.78. The van der Waals surface area contributed by atoms with Crippen LogP contribution in [-0.2, 0) is 6.42 Å². The molecule has 2 heteroatoms. The Hall–Kier alpha value is -1.12. The Morgan fingerprint density at radius 2 is 2.17 bits per heavy atom. The van der Waals surface area contributed by atoms with Crippen molar-refractivity contribution in [2.24, 2.45) is 0 Å². The quantitative estimate of drug-likeness (QED) is 0.599. The van der Waals surface area contributed by atoms with E-state index < -0.39 is 0 Å². The van der Waals surface area contributed by atoms with Crippen molar-refractivity contribution in [3.05, 3.63) is 46.9 Å². The van der Waals surface area contributed by atoms with Crippen molar-refractivity contribution < 1.29 is 0 Å². The van der Waals surface area contributed by atoms with Gasteiger partial charge in [-0.25, -0.2) is 0 Å². The number of hydrogen-bond donors (Lipinski definition) is 1. The van der Waals surface area contributed by atoms with Crippen LogP contribution in [0, 0.1) is 0 Å². The maximum atomic E-state index is 3.35. The fourth-order valence-corrected chi connectivity index (χ4v) is 3.10. The van der Waals surface area contributed by atoms with Gasteiger partial charge in [-0.3, -0.25) is 0 Å². The van der Waals surface area contributed by atoms with Gasteiger partial charge in [0.15, 0.2) is 0 Å². The highest BCUT2D eigenvalue weighted by atomic mass is 32.1. The highest BCUT2D eigenvalue weighted by Gasteiger charge is 2.03. The fourth-order valence-electron chi connectivity index (χ4n) is 2.14. The lowest BCUT2D eigenvalue weighted by Gasteiger charge is -2.02. The molecule has 0 aliphatic rings. The second-order valence-corrected chi connectivity index (χ2v) is 5.54. The number of thiophene rings is 1. The Kier molecular flexibility index (Phi) is 4.97. The van der Waals surface area contributed by atoms with Gasteiger partial charge < -0.3 is 5.32 Å². The first-order valence-corrected chi connectivity index (χ1v) is 7.50. The first-order valence-electron chi connectivity index (χ1n) is 6.62. The average molecular weight is 259 g/mol. The van der Waals surface area contributed by atoms with E-state index in [2.05, 4.69) is 54.9 Å². The van der Waals surface area contributed by atoms with E-state index in [0.717, 1.165) is 25.9 Å². The predicted octanol–water partition coefficient (Wildman–Crippen LogP) is 4.39. The van der Waals surface area contributed by atoms with Crippen LogP contribution in [0.15, 0.2) is 41.3 Å². The second kappa shape index (κ2) is 6.72. The lowest BCUT2D eigenvalue weighted by atomic mass is 10.0. The van der Waals surface area contributed by atoms with Gasteiger partial charge in [-0.2, -0.15) is 0 Å². The third kappa shape index (κ3) is 3.44. The van der Waals surface area contributed by atoms with Crippen molar-refractivity contribution in [2.75, 3.05) is 13.1 Å². The smallest absolute Gasteiger partial charge is 0.0345 e. The van der Waals surface area contributed by atoms with Crippen LogP contribution in [0.5, 0.6) is 0 Å². The van der Waals surface area contributed by atoms with Crippen LogP contribution in [0.4, 0.5) is 0 Å². The summed E-state index contributed by atoms with van der Waals surface area (Å²) in [5.74, 6) is 0. The molecule has 0 unspecified atom stereocenters. The highest BCUT2D eigenvalue weighted by Crippen LogP contribution is 2.27. The van der Waals surface area contributed by atoms with Crippen molar-refractivity contribution in [2.45, 2.75) is 26.7 Å². The van der Waals surface area contributed by atoms with E-state index in [0.29, 0.717) is 0 Å². The molecule has 2 rings (SSSR count). The van der Waals surface area contributed by atoms with Gasteiger partial charge in [-0.15, -0.1) is 11.3 Å². The normalized spacial score (nSPS) is 12.2. The van der Waals surface area contributed by atoms with E-state index in [1.807, 2.05) is 11.3 Å². The molecule has 1 nitrogen and oxygen atoms in total. The molecule has 0 bridgehead atoms. The summed E-state index contributed by atoms with van der Waals surface area (Å²) in [6, 6.07) is 8.67. The molecule has 1 aromatic heterocycles. The van der Waals surface area contributed by atoms with Crippen LogP contribution in [-0.4, -0.2) is 13.1 Å². The van der Waals surface area contributed by atoms with Gasteiger partial charge >= 0.3 is 0 Å². The number of benzene rings is 1. The van der Waals surface area contributed by atoms with Crippen molar-refractivity contribution in [3.63, 3.8) is 0 Å². The molecule has 2 aromatic rings. The summed E-state index contributed by atoms with van der Waals surface area (Å²) in [4.78, 5) is 0. The third-order valence-corrected chi connectivity index (χ3v) is 4.11. The predicted molar refractivity (Wildman–Crippen MR) is 82.4 cm³/mol. The van der Waals surface area contributed by atoms with Gasteiger partial charge in [0.25, 0.3) is 0 Å². The summed E-state index contributed by atoms with van der Waals surface area (Å²) in [7, 11) is 0. The summed E-state index contributed by atoms with van der Waals surface area (Å²) in [5, 5.41) is 7.07. The van der Waals surface area contributed by atoms with Gasteiger partial charge in [0.2, 0.25) is 0 Å². The minimum atomic E-state index is 1.06. The molecule has 96 valence electrons. The molecule has 0 spiro atoms. The van der Waals surface area contributed by atoms with E-state index in [1.165, 1.54) is 21.2 Å². The lowest BCUT2D eigenvalue weighted by Crippen LogP contribution is -2.13. The second-order valence-electron chi connectivity index (χ2n) is 4.63. The van der Waals surface area contributed by atoms with E-state index in [-0.39, 0.29) is 0 Å². The molecule has 0 radical (unpaired) electrons. The molecule has 18 heavy (non-hydrogen) atoms. The van der Waals surface area contributed by atoms with E-state index in [4.69, 9.17) is 0 Å². The van der Waals surface area contributed by atoms with Gasteiger partial charge in [-0.1, -0.05) is 36.8 Å². The van der Waals surface area contributed by atoms with E-state index in [1.54, 1.807) is 0 Å². The Morgan fingerprint density at radius 3 is 3.00 bits per heavy atom. The van der Waals surface area contributed by atoms with Crippen molar-refractivity contribution >= 4 is 21.4 Å². The molecule has 0 atom stereocenters. The number of nitrogens with one attached hydrogen (secondary N) is 1. The molecule has 0 fully saturated rings. The monoisotopic (exact) mass is 259 g/mol. The Bertz CT molecular complexity index is 525. The Labute approximate surface area is 114 Å². The standard InChI is InChI=1S/C16H21NS/c1-3-17-10-6-7-13(2)11-14-12-18-16-9-5-4-8-15(14)16/h4-5,7-9,12,17H,3,6,10-11H2,1-2H3. The fraction of sp³-hybridized carbons (Fsp3) is 0.375. The molecule has 0 aliphatic heterocycles. The van der Waals surface area contributed by atoms with Crippen LogP contribution in [0.2, 0.25) is 0 Å². The summed E-state index contributed by atoms with van der Waals surface area (Å²) in [6.45, 7) is 6.52. The number of fused-ring (bicyclic) bond motifs is 1. The maximum Gasteiger partial charge on any atom is 0.0345 e. The number of hydrogen-bond acceptors (Lipinski definition) is 2. The third-order valence-electron chi connectivity index (χ3n) is 3.09. The number of rotatable bonds is 6. The topological polar surface area (TPSA) is 12.0 Å². The molecular formula is C16H21NS. The molecule has 0 saturated carbocycles. The summed E-state index contributed by atoms with van der Waals surface area (Å²) >= 11 is 1.85. The Morgan fingerprint density at radius 1 is 1.33 bits per heavy atom. The molecule has 0 saturated heterocycles. The zero-order valence-corrected chi connectivity index (χ0v) is 12.0. The minimum Gasteiger partial charge on any atom is -0.317 e. The van der Waals surface area contributed by atoms with Crippen LogP contribution < -0.4 is 5.32 Å². The number of allylic oxidation sites excluding steroid dienone is 1. The van der Waals surface area contributed by atoms with Crippen molar-refractivity contribution in [3.8, 4) is 0 Å². The van der Waals surface area contributed by atoms with Gasteiger partial charge in [0.05, 0.1) is 0 Å². The highest BCUT2D eigenvalue weighted by molar-refractivity contribution is 7.17. The first kappa shape index (κ1) is 13.3. The van der Waals surface area contributed by atoms with Crippen LogP contribution in [0.3, 0.4) is 0 Å². The SMILES string of the molecule is CCNCCC=C(C)Cc1csc2ccccc12. The largest absolute Gasteiger partial charge is 0.317 e. The lowest BCUT2D eigenvalue weighted by molar-refractivity contribution is 0.724. The summed E-state index contributed by atoms with van der Waals surface area (Å²) in [5.41, 5.74) is 2.93. The maximum absolute atomic E-state index is 3.35. The molecular weight excluding hydrogens is 238 g/mol. The zero-order valence-electron chi connectivity index (χ0n) is 11.2. The summed E-state index contributed by atoms with van der Waals surface area (Å²) in [6.07, 6.45) is 4.56. The van der Waals surface area contributed by atoms with Crippen molar-refractivity contribution in [1.29, 1.82) is 0 Å². The first-order chi connectivity index (χ1) is 8.81. The molecule has 1 N–H and O–H groups in total. The van der Waals surface area contributed by atoms with Gasteiger partial charge in [0.1, 0.15) is 0 Å². The molecule has 0 amide bonds. The molecule has 1 aromatic carbocycles. The van der Waals surface area contributed by atoms with E-state index >= 15 is 0 Å². The van der Waals surface area contributed by atoms with Crippen LogP contribution in [0.1, 0.15) is 25.8 Å². The molecule has 1 heterocycles. The van der Waals surface area contributed by atoms with E-state index in [9.17, 15) is 0 Å². The van der Waals surface area contributed by atoms with Gasteiger partial charge in [-0.05, 0) is 55.3 Å². The van der Waals surface area contributed by atoms with Crippen LogP contribution in [0.25, 0.3) is 10.1 Å². The zero-order chi connectivity index (χ0) is 12.8. The van der Waals surface area contributed by atoms with Gasteiger partial charge in [0, 0.05) is 4.70 Å². The molecule has 0 aliphatic carbocycles. The van der Waals surface area contributed by atoms with Crippen molar-refractivity contribution in [1.82, 2.24) is 5.32 Å². The Balaban J connectivity index is 2.00. The van der Waals surface area contributed by atoms with Crippen LogP contribution >= 0.6 is 11.3 Å².